The van der Waals surface area contributed by atoms with Gasteiger partial charge in [0.05, 0.1) is 5.75 Å². The maximum Gasteiger partial charge on any atom is 0.234 e. The Morgan fingerprint density at radius 1 is 1.20 bits per heavy atom. The Labute approximate surface area is 155 Å². The van der Waals surface area contributed by atoms with Gasteiger partial charge in [0.1, 0.15) is 0 Å². The maximum absolute atomic E-state index is 12.1. The molecule has 1 aromatic heterocycles. The van der Waals surface area contributed by atoms with Crippen LogP contribution in [0.25, 0.3) is 11.4 Å². The lowest BCUT2D eigenvalue weighted by Crippen LogP contribution is -2.14. The third-order valence-electron chi connectivity index (χ3n) is 3.48. The molecule has 0 spiro atoms. The van der Waals surface area contributed by atoms with Crippen molar-refractivity contribution in [3.05, 3.63) is 54.1 Å². The summed E-state index contributed by atoms with van der Waals surface area (Å²) in [6.07, 6.45) is 2.01. The number of nitrogens with zero attached hydrogens (tertiary/aromatic N) is 2. The molecule has 0 aliphatic heterocycles. The van der Waals surface area contributed by atoms with E-state index < -0.39 is 0 Å². The maximum atomic E-state index is 12.1. The van der Waals surface area contributed by atoms with Gasteiger partial charge in [0.2, 0.25) is 11.1 Å². The van der Waals surface area contributed by atoms with Crippen LogP contribution in [0.15, 0.2) is 58.6 Å². The van der Waals surface area contributed by atoms with Gasteiger partial charge in [0.25, 0.3) is 0 Å². The highest BCUT2D eigenvalue weighted by Gasteiger charge is 2.09. The number of H-pyrrole nitrogens is 1. The summed E-state index contributed by atoms with van der Waals surface area (Å²) in [4.78, 5) is 17.6. The zero-order valence-electron chi connectivity index (χ0n) is 13.9. The van der Waals surface area contributed by atoms with E-state index in [9.17, 15) is 4.79 Å². The van der Waals surface area contributed by atoms with Crippen molar-refractivity contribution in [1.82, 2.24) is 15.2 Å². The molecule has 2 N–H and O–H groups in total. The molecule has 5 nitrogen and oxygen atoms in total. The van der Waals surface area contributed by atoms with Crippen molar-refractivity contribution >= 4 is 35.1 Å². The smallest absolute Gasteiger partial charge is 0.234 e. The molecule has 0 aliphatic carbocycles. The molecule has 3 rings (SSSR count). The standard InChI is InChI=1S/C18H18N4OS2/c1-12-6-8-13(9-7-12)17-20-18(22-21-17)25-11-16(23)19-14-4-3-5-15(10-14)24-2/h3-10H,11H2,1-2H3,(H,19,23)(H,20,21,22). The Morgan fingerprint density at radius 2 is 2.00 bits per heavy atom. The van der Waals surface area contributed by atoms with Crippen LogP contribution in [-0.2, 0) is 4.79 Å². The Bertz CT molecular complexity index is 862. The molecule has 128 valence electrons. The molecule has 0 radical (unpaired) electrons. The first kappa shape index (κ1) is 17.6. The van der Waals surface area contributed by atoms with Gasteiger partial charge in [-0.15, -0.1) is 16.9 Å². The number of rotatable bonds is 6. The Kier molecular flexibility index (Phi) is 5.78. The van der Waals surface area contributed by atoms with Gasteiger partial charge in [-0.2, -0.15) is 0 Å². The van der Waals surface area contributed by atoms with E-state index in [1.807, 2.05) is 61.7 Å². The van der Waals surface area contributed by atoms with Crippen LogP contribution in [0.4, 0.5) is 5.69 Å². The summed E-state index contributed by atoms with van der Waals surface area (Å²) in [5.74, 6) is 0.884. The topological polar surface area (TPSA) is 70.7 Å². The van der Waals surface area contributed by atoms with Gasteiger partial charge < -0.3 is 5.32 Å². The lowest BCUT2D eigenvalue weighted by molar-refractivity contribution is -0.113. The minimum atomic E-state index is -0.0788. The van der Waals surface area contributed by atoms with Gasteiger partial charge in [0.15, 0.2) is 5.82 Å². The van der Waals surface area contributed by atoms with Gasteiger partial charge in [0, 0.05) is 16.1 Å². The average Bonchev–Trinajstić information content (AvgIpc) is 3.10. The first-order chi connectivity index (χ1) is 12.1. The average molecular weight is 371 g/mol. The number of benzene rings is 2. The molecule has 2 aromatic carbocycles. The number of amides is 1. The molecule has 0 saturated heterocycles. The number of aryl methyl sites for hydroxylation is 1. The predicted molar refractivity (Wildman–Crippen MR) is 104 cm³/mol. The van der Waals surface area contributed by atoms with Crippen LogP contribution in [-0.4, -0.2) is 33.1 Å². The fraction of sp³-hybridized carbons (Fsp3) is 0.167. The van der Waals surface area contributed by atoms with E-state index >= 15 is 0 Å². The number of aromatic nitrogens is 3. The quantitative estimate of drug-likeness (QED) is 0.635. The van der Waals surface area contributed by atoms with E-state index in [0.29, 0.717) is 11.0 Å². The second-order valence-corrected chi connectivity index (χ2v) is 7.22. The summed E-state index contributed by atoms with van der Waals surface area (Å²) < 4.78 is 0. The van der Waals surface area contributed by atoms with E-state index in [0.717, 1.165) is 16.1 Å². The van der Waals surface area contributed by atoms with Gasteiger partial charge in [-0.3, -0.25) is 9.89 Å². The molecule has 0 aliphatic rings. The Balaban J connectivity index is 1.56. The number of nitrogens with one attached hydrogen (secondary N) is 2. The summed E-state index contributed by atoms with van der Waals surface area (Å²) in [5, 5.41) is 10.5. The largest absolute Gasteiger partial charge is 0.325 e. The van der Waals surface area contributed by atoms with Crippen molar-refractivity contribution in [2.45, 2.75) is 17.0 Å². The molecule has 25 heavy (non-hydrogen) atoms. The molecule has 0 unspecified atom stereocenters. The number of hydrogen-bond acceptors (Lipinski definition) is 5. The lowest BCUT2D eigenvalue weighted by Gasteiger charge is -2.05. The number of hydrogen-bond donors (Lipinski definition) is 2. The van der Waals surface area contributed by atoms with Gasteiger partial charge >= 0.3 is 0 Å². The zero-order chi connectivity index (χ0) is 17.6. The van der Waals surface area contributed by atoms with Crippen LogP contribution in [0.5, 0.6) is 0 Å². The number of carbonyl (C=O) groups excluding carboxylic acids is 1. The van der Waals surface area contributed by atoms with Crippen LogP contribution < -0.4 is 5.32 Å². The monoisotopic (exact) mass is 370 g/mol. The van der Waals surface area contributed by atoms with Crippen LogP contribution in [0.1, 0.15) is 5.56 Å². The Morgan fingerprint density at radius 3 is 2.76 bits per heavy atom. The zero-order valence-corrected chi connectivity index (χ0v) is 15.6. The van der Waals surface area contributed by atoms with Gasteiger partial charge in [-0.05, 0) is 31.4 Å². The highest BCUT2D eigenvalue weighted by molar-refractivity contribution is 7.99. The molecule has 7 heteroatoms. The first-order valence-electron chi connectivity index (χ1n) is 7.70. The van der Waals surface area contributed by atoms with Crippen molar-refractivity contribution in [3.8, 4) is 11.4 Å². The number of anilines is 1. The van der Waals surface area contributed by atoms with Crippen molar-refractivity contribution in [1.29, 1.82) is 0 Å². The molecule has 0 saturated carbocycles. The van der Waals surface area contributed by atoms with E-state index in [1.165, 1.54) is 17.3 Å². The third-order valence-corrected chi connectivity index (χ3v) is 5.05. The normalized spacial score (nSPS) is 10.6. The summed E-state index contributed by atoms with van der Waals surface area (Å²) >= 11 is 2.95. The second kappa shape index (κ2) is 8.22. The van der Waals surface area contributed by atoms with Crippen molar-refractivity contribution in [2.24, 2.45) is 0 Å². The van der Waals surface area contributed by atoms with Gasteiger partial charge in [-0.1, -0.05) is 47.7 Å². The fourth-order valence-electron chi connectivity index (χ4n) is 2.18. The highest BCUT2D eigenvalue weighted by atomic mass is 32.2. The van der Waals surface area contributed by atoms with Gasteiger partial charge in [-0.25, -0.2) is 4.98 Å². The highest BCUT2D eigenvalue weighted by Crippen LogP contribution is 2.21. The number of aromatic amines is 1. The van der Waals surface area contributed by atoms with Crippen LogP contribution in [0.3, 0.4) is 0 Å². The molecule has 0 fully saturated rings. The number of thioether (sulfide) groups is 2. The SMILES string of the molecule is CSc1cccc(NC(=O)CSc2n[nH]c(-c3ccc(C)cc3)n2)c1. The lowest BCUT2D eigenvalue weighted by atomic mass is 10.1. The number of carbonyl (C=O) groups is 1. The summed E-state index contributed by atoms with van der Waals surface area (Å²) in [5.41, 5.74) is 2.97. The molecule has 1 amide bonds. The molecule has 0 atom stereocenters. The molecule has 0 bridgehead atoms. The minimum absolute atomic E-state index is 0.0788. The van der Waals surface area contributed by atoms with E-state index in [2.05, 4.69) is 20.5 Å². The second-order valence-electron chi connectivity index (χ2n) is 5.40. The predicted octanol–water partition coefficient (Wildman–Crippen LogP) is 4.23. The van der Waals surface area contributed by atoms with Crippen molar-refractivity contribution < 1.29 is 4.79 Å². The molecule has 1 heterocycles. The fourth-order valence-corrected chi connectivity index (χ4v) is 3.24. The first-order valence-corrected chi connectivity index (χ1v) is 9.91. The van der Waals surface area contributed by atoms with Crippen LogP contribution >= 0.6 is 23.5 Å². The third kappa shape index (κ3) is 4.87. The van der Waals surface area contributed by atoms with Crippen LogP contribution in [0, 0.1) is 6.92 Å². The van der Waals surface area contributed by atoms with Crippen LogP contribution in [0.2, 0.25) is 0 Å². The van der Waals surface area contributed by atoms with E-state index in [1.54, 1.807) is 11.8 Å². The Hall–Kier alpha value is -2.25. The van der Waals surface area contributed by atoms with Crippen molar-refractivity contribution in [2.75, 3.05) is 17.3 Å². The molecule has 3 aromatic rings. The van der Waals surface area contributed by atoms with E-state index in [-0.39, 0.29) is 11.7 Å². The summed E-state index contributed by atoms with van der Waals surface area (Å²) in [6, 6.07) is 15.8. The van der Waals surface area contributed by atoms with E-state index in [4.69, 9.17) is 0 Å². The van der Waals surface area contributed by atoms with Crippen molar-refractivity contribution in [3.63, 3.8) is 0 Å². The minimum Gasteiger partial charge on any atom is -0.325 e. The summed E-state index contributed by atoms with van der Waals surface area (Å²) in [6.45, 7) is 2.04. The summed E-state index contributed by atoms with van der Waals surface area (Å²) in [7, 11) is 0. The molecular formula is C18H18N4OS2. The molecular weight excluding hydrogens is 352 g/mol.